The molecule has 0 amide bonds. The fourth-order valence-electron chi connectivity index (χ4n) is 2.16. The maximum absolute atomic E-state index is 2.35. The van der Waals surface area contributed by atoms with E-state index in [4.69, 9.17) is 0 Å². The SMILES string of the molecule is C/C=C1/CCCCC(C)/C1=C/C. The molecule has 1 aliphatic rings. The number of hydrogen-bond donors (Lipinski definition) is 0. The molecule has 0 aromatic carbocycles. The van der Waals surface area contributed by atoms with Crippen LogP contribution in [0.1, 0.15) is 46.5 Å². The highest BCUT2D eigenvalue weighted by molar-refractivity contribution is 5.32. The zero-order valence-electron chi connectivity index (χ0n) is 8.56. The van der Waals surface area contributed by atoms with E-state index in [0.717, 1.165) is 5.92 Å². The van der Waals surface area contributed by atoms with Gasteiger partial charge in [-0.15, -0.1) is 0 Å². The third-order valence-corrected chi connectivity index (χ3v) is 2.89. The van der Waals surface area contributed by atoms with Gasteiger partial charge in [0.2, 0.25) is 0 Å². The van der Waals surface area contributed by atoms with Gasteiger partial charge in [0, 0.05) is 0 Å². The van der Waals surface area contributed by atoms with Crippen LogP contribution in [-0.2, 0) is 0 Å². The first-order chi connectivity index (χ1) is 5.79. The Bertz CT molecular complexity index is 196. The van der Waals surface area contributed by atoms with Crippen molar-refractivity contribution in [1.82, 2.24) is 0 Å². The van der Waals surface area contributed by atoms with Crippen LogP contribution in [0.2, 0.25) is 0 Å². The van der Waals surface area contributed by atoms with Crippen molar-refractivity contribution in [3.8, 4) is 0 Å². The van der Waals surface area contributed by atoms with Gasteiger partial charge in [-0.25, -0.2) is 0 Å². The largest absolute Gasteiger partial charge is 0.0842 e. The van der Waals surface area contributed by atoms with Crippen molar-refractivity contribution in [3.05, 3.63) is 23.3 Å². The van der Waals surface area contributed by atoms with Gasteiger partial charge < -0.3 is 0 Å². The molecule has 68 valence electrons. The van der Waals surface area contributed by atoms with Gasteiger partial charge in [0.1, 0.15) is 0 Å². The minimum Gasteiger partial charge on any atom is -0.0842 e. The molecule has 0 heterocycles. The first-order valence-corrected chi connectivity index (χ1v) is 5.11. The summed E-state index contributed by atoms with van der Waals surface area (Å²) in [4.78, 5) is 0. The molecule has 1 unspecified atom stereocenters. The average molecular weight is 164 g/mol. The monoisotopic (exact) mass is 164 g/mol. The van der Waals surface area contributed by atoms with E-state index >= 15 is 0 Å². The smallest absolute Gasteiger partial charge is 0.0191 e. The van der Waals surface area contributed by atoms with Gasteiger partial charge in [0.25, 0.3) is 0 Å². The summed E-state index contributed by atoms with van der Waals surface area (Å²) in [5, 5.41) is 0. The lowest BCUT2D eigenvalue weighted by atomic mass is 9.92. The molecule has 0 nitrogen and oxygen atoms in total. The first-order valence-electron chi connectivity index (χ1n) is 5.11. The minimum absolute atomic E-state index is 0.781. The maximum atomic E-state index is 2.35. The summed E-state index contributed by atoms with van der Waals surface area (Å²) < 4.78 is 0. The fraction of sp³-hybridized carbons (Fsp3) is 0.667. The van der Waals surface area contributed by atoms with Crippen LogP contribution in [0.4, 0.5) is 0 Å². The molecular weight excluding hydrogens is 144 g/mol. The van der Waals surface area contributed by atoms with Crippen LogP contribution in [0, 0.1) is 5.92 Å². The molecule has 0 saturated heterocycles. The summed E-state index contributed by atoms with van der Waals surface area (Å²) in [6.07, 6.45) is 10.0. The average Bonchev–Trinajstić information content (AvgIpc) is 2.26. The summed E-state index contributed by atoms with van der Waals surface area (Å²) in [6, 6.07) is 0. The zero-order chi connectivity index (χ0) is 8.97. The molecule has 0 aromatic heterocycles. The highest BCUT2D eigenvalue weighted by Gasteiger charge is 2.15. The molecule has 1 saturated carbocycles. The van der Waals surface area contributed by atoms with Crippen LogP contribution >= 0.6 is 0 Å². The molecule has 1 atom stereocenters. The highest BCUT2D eigenvalue weighted by atomic mass is 14.2. The van der Waals surface area contributed by atoms with Gasteiger partial charge in [0.05, 0.1) is 0 Å². The van der Waals surface area contributed by atoms with Gasteiger partial charge in [-0.1, -0.05) is 25.5 Å². The van der Waals surface area contributed by atoms with E-state index in [-0.39, 0.29) is 0 Å². The molecule has 1 rings (SSSR count). The number of rotatable bonds is 0. The van der Waals surface area contributed by atoms with Gasteiger partial charge in [-0.3, -0.25) is 0 Å². The Hall–Kier alpha value is -0.520. The lowest BCUT2D eigenvalue weighted by Crippen LogP contribution is -1.98. The molecule has 12 heavy (non-hydrogen) atoms. The van der Waals surface area contributed by atoms with Crippen LogP contribution in [-0.4, -0.2) is 0 Å². The Labute approximate surface area is 76.4 Å². The molecule has 0 aromatic rings. The summed E-state index contributed by atoms with van der Waals surface area (Å²) in [5.74, 6) is 0.781. The molecule has 0 radical (unpaired) electrons. The molecular formula is C12H20. The van der Waals surface area contributed by atoms with Crippen molar-refractivity contribution in [2.24, 2.45) is 5.92 Å². The topological polar surface area (TPSA) is 0 Å². The van der Waals surface area contributed by atoms with Crippen molar-refractivity contribution in [2.75, 3.05) is 0 Å². The predicted molar refractivity (Wildman–Crippen MR) is 55.1 cm³/mol. The van der Waals surface area contributed by atoms with Crippen LogP contribution in [0.15, 0.2) is 23.3 Å². The lowest BCUT2D eigenvalue weighted by Gasteiger charge is -2.13. The predicted octanol–water partition coefficient (Wildman–Crippen LogP) is 4.09. The van der Waals surface area contributed by atoms with Crippen molar-refractivity contribution in [3.63, 3.8) is 0 Å². The normalized spacial score (nSPS) is 32.4. The fourth-order valence-corrected chi connectivity index (χ4v) is 2.16. The van der Waals surface area contributed by atoms with Gasteiger partial charge >= 0.3 is 0 Å². The van der Waals surface area contributed by atoms with E-state index in [1.807, 2.05) is 0 Å². The second-order valence-corrected chi connectivity index (χ2v) is 3.70. The van der Waals surface area contributed by atoms with Gasteiger partial charge in [-0.05, 0) is 50.2 Å². The van der Waals surface area contributed by atoms with Crippen molar-refractivity contribution < 1.29 is 0 Å². The van der Waals surface area contributed by atoms with Crippen molar-refractivity contribution in [1.29, 1.82) is 0 Å². The van der Waals surface area contributed by atoms with Crippen LogP contribution < -0.4 is 0 Å². The second-order valence-electron chi connectivity index (χ2n) is 3.70. The van der Waals surface area contributed by atoms with E-state index in [9.17, 15) is 0 Å². The standard InChI is InChI=1S/C12H20/c1-4-11-9-7-6-8-10(3)12(11)5-2/h4-5,10H,6-9H2,1-3H3/b11-4-,12-5-. The van der Waals surface area contributed by atoms with E-state index < -0.39 is 0 Å². The third-order valence-electron chi connectivity index (χ3n) is 2.89. The maximum Gasteiger partial charge on any atom is -0.0191 e. The highest BCUT2D eigenvalue weighted by Crippen LogP contribution is 2.31. The van der Waals surface area contributed by atoms with Gasteiger partial charge in [-0.2, -0.15) is 0 Å². The molecule has 1 fully saturated rings. The van der Waals surface area contributed by atoms with Crippen molar-refractivity contribution in [2.45, 2.75) is 46.5 Å². The molecule has 0 aliphatic heterocycles. The molecule has 0 spiro atoms. The summed E-state index contributed by atoms with van der Waals surface area (Å²) in [7, 11) is 0. The Kier molecular flexibility index (Phi) is 3.58. The Morgan fingerprint density at radius 2 is 1.92 bits per heavy atom. The molecule has 1 aliphatic carbocycles. The Morgan fingerprint density at radius 1 is 1.17 bits per heavy atom. The van der Waals surface area contributed by atoms with Crippen LogP contribution in [0.3, 0.4) is 0 Å². The molecule has 0 bridgehead atoms. The summed E-state index contributed by atoms with van der Waals surface area (Å²) in [6.45, 7) is 6.68. The number of hydrogen-bond acceptors (Lipinski definition) is 0. The minimum atomic E-state index is 0.781. The van der Waals surface area contributed by atoms with E-state index in [2.05, 4.69) is 32.9 Å². The number of allylic oxidation sites excluding steroid dienone is 4. The van der Waals surface area contributed by atoms with E-state index in [0.29, 0.717) is 0 Å². The quantitative estimate of drug-likeness (QED) is 0.473. The summed E-state index contributed by atoms with van der Waals surface area (Å²) in [5.41, 5.74) is 3.18. The second kappa shape index (κ2) is 4.49. The van der Waals surface area contributed by atoms with E-state index in [1.165, 1.54) is 25.7 Å². The Balaban J connectivity index is 2.85. The van der Waals surface area contributed by atoms with Gasteiger partial charge in [0.15, 0.2) is 0 Å². The van der Waals surface area contributed by atoms with Crippen LogP contribution in [0.5, 0.6) is 0 Å². The molecule has 0 N–H and O–H groups in total. The molecule has 0 heteroatoms. The first kappa shape index (κ1) is 9.57. The van der Waals surface area contributed by atoms with E-state index in [1.54, 1.807) is 11.1 Å². The zero-order valence-corrected chi connectivity index (χ0v) is 8.56. The Morgan fingerprint density at radius 3 is 2.50 bits per heavy atom. The van der Waals surface area contributed by atoms with Crippen molar-refractivity contribution >= 4 is 0 Å². The third kappa shape index (κ3) is 2.00. The lowest BCUT2D eigenvalue weighted by molar-refractivity contribution is 0.597. The van der Waals surface area contributed by atoms with Crippen LogP contribution in [0.25, 0.3) is 0 Å². The summed E-state index contributed by atoms with van der Waals surface area (Å²) >= 11 is 0.